The monoisotopic (exact) mass is 541 g/mol. The molecular formula is C26H21F2N3O6S. The van der Waals surface area contributed by atoms with Gasteiger partial charge in [-0.15, -0.1) is 0 Å². The van der Waals surface area contributed by atoms with Crippen molar-refractivity contribution in [3.05, 3.63) is 77.9 Å². The summed E-state index contributed by atoms with van der Waals surface area (Å²) in [5.74, 6) is 0.920. The normalized spacial score (nSPS) is 16.2. The minimum Gasteiger partial charge on any atom is -0.465 e. The predicted octanol–water partition coefficient (Wildman–Crippen LogP) is 4.79. The summed E-state index contributed by atoms with van der Waals surface area (Å²) in [6, 6.07) is 14.3. The molecule has 2 amide bonds. The molecule has 0 saturated heterocycles. The summed E-state index contributed by atoms with van der Waals surface area (Å²) >= 11 is 1.08. The Morgan fingerprint density at radius 1 is 1.18 bits per heavy atom. The van der Waals surface area contributed by atoms with Crippen LogP contribution < -0.4 is 24.4 Å². The number of nitrogens with one attached hydrogen (secondary N) is 1. The highest BCUT2D eigenvalue weighted by Crippen LogP contribution is 2.34. The third kappa shape index (κ3) is 5.65. The van der Waals surface area contributed by atoms with Crippen molar-refractivity contribution < 1.29 is 37.0 Å². The first-order valence-electron chi connectivity index (χ1n) is 11.4. The Morgan fingerprint density at radius 2 is 1.97 bits per heavy atom. The predicted molar refractivity (Wildman–Crippen MR) is 136 cm³/mol. The van der Waals surface area contributed by atoms with Gasteiger partial charge in [0.1, 0.15) is 17.2 Å². The number of carbonyl (C=O) groups is 2. The molecule has 0 spiro atoms. The number of nitrogens with zero attached hydrogens (tertiary/aromatic N) is 2. The second-order valence-electron chi connectivity index (χ2n) is 8.12. The van der Waals surface area contributed by atoms with Crippen LogP contribution in [0.4, 0.5) is 14.5 Å². The maximum Gasteiger partial charge on any atom is 0.387 e. The van der Waals surface area contributed by atoms with Crippen molar-refractivity contribution in [3.8, 4) is 17.2 Å². The lowest BCUT2D eigenvalue weighted by Gasteiger charge is -2.20. The lowest BCUT2D eigenvalue weighted by atomic mass is 10.2. The molecule has 38 heavy (non-hydrogen) atoms. The molecule has 9 nitrogen and oxygen atoms in total. The van der Waals surface area contributed by atoms with Crippen molar-refractivity contribution >= 4 is 40.5 Å². The average Bonchev–Trinajstić information content (AvgIpc) is 3.64. The number of aliphatic imine (C=N–C) groups is 1. The first kappa shape index (κ1) is 25.3. The standard InChI is InChI=1S/C26H21F2N3O6S/c1-15(23(32)29-13-16-4-9-21-22(11-16)36-14-35-21)38-26-30-20(12-19-3-2-10-34-19)24(33)31(26)17-5-7-18(8-6-17)37-25(27)28/h2-12,15,25H,13-14H2,1H3,(H,29,32)/b20-12+/t15-/m1/s1. The van der Waals surface area contributed by atoms with Gasteiger partial charge >= 0.3 is 6.61 Å². The number of benzene rings is 2. The fourth-order valence-electron chi connectivity index (χ4n) is 3.68. The molecule has 5 rings (SSSR count). The van der Waals surface area contributed by atoms with Gasteiger partial charge in [0.25, 0.3) is 5.91 Å². The lowest BCUT2D eigenvalue weighted by molar-refractivity contribution is -0.120. The molecule has 12 heteroatoms. The third-order valence-electron chi connectivity index (χ3n) is 5.53. The number of furan rings is 1. The van der Waals surface area contributed by atoms with E-state index < -0.39 is 17.8 Å². The number of alkyl halides is 2. The number of halogens is 2. The summed E-state index contributed by atoms with van der Waals surface area (Å²) in [6.07, 6.45) is 2.96. The highest BCUT2D eigenvalue weighted by atomic mass is 32.2. The van der Waals surface area contributed by atoms with Crippen molar-refractivity contribution in [3.63, 3.8) is 0 Å². The van der Waals surface area contributed by atoms with Crippen LogP contribution in [0.5, 0.6) is 17.2 Å². The fraction of sp³-hybridized carbons (Fsp3) is 0.192. The van der Waals surface area contributed by atoms with Crippen molar-refractivity contribution in [1.29, 1.82) is 0 Å². The molecule has 0 aliphatic carbocycles. The molecule has 2 aromatic carbocycles. The maximum atomic E-state index is 13.3. The van der Waals surface area contributed by atoms with Gasteiger partial charge in [-0.2, -0.15) is 8.78 Å². The molecule has 196 valence electrons. The van der Waals surface area contributed by atoms with E-state index in [9.17, 15) is 18.4 Å². The van der Waals surface area contributed by atoms with Gasteiger partial charge in [-0.05, 0) is 61.0 Å². The van der Waals surface area contributed by atoms with E-state index in [4.69, 9.17) is 13.9 Å². The van der Waals surface area contributed by atoms with Crippen LogP contribution in [0.2, 0.25) is 0 Å². The average molecular weight is 542 g/mol. The van der Waals surface area contributed by atoms with Gasteiger partial charge in [0.05, 0.1) is 17.2 Å². The molecule has 0 bridgehead atoms. The van der Waals surface area contributed by atoms with Crippen LogP contribution in [0.3, 0.4) is 0 Å². The van der Waals surface area contributed by atoms with Crippen LogP contribution >= 0.6 is 11.8 Å². The molecule has 0 fully saturated rings. The van der Waals surface area contributed by atoms with E-state index in [2.05, 4.69) is 15.0 Å². The van der Waals surface area contributed by atoms with Gasteiger partial charge in [0.2, 0.25) is 12.7 Å². The Hall–Kier alpha value is -4.32. The molecule has 1 N–H and O–H groups in total. The van der Waals surface area contributed by atoms with Crippen molar-refractivity contribution in [1.82, 2.24) is 5.32 Å². The zero-order valence-electron chi connectivity index (χ0n) is 19.9. The molecule has 0 unspecified atom stereocenters. The molecular weight excluding hydrogens is 520 g/mol. The Bertz CT molecular complexity index is 1390. The van der Waals surface area contributed by atoms with Gasteiger partial charge in [-0.3, -0.25) is 14.5 Å². The number of rotatable bonds is 8. The number of fused-ring (bicyclic) bond motifs is 1. The van der Waals surface area contributed by atoms with E-state index in [0.29, 0.717) is 22.9 Å². The Balaban J connectivity index is 1.32. The van der Waals surface area contributed by atoms with E-state index in [-0.39, 0.29) is 35.9 Å². The van der Waals surface area contributed by atoms with Crippen LogP contribution in [-0.2, 0) is 16.1 Å². The number of hydrogen-bond acceptors (Lipinski definition) is 8. The minimum absolute atomic E-state index is 0.0517. The van der Waals surface area contributed by atoms with Crippen molar-refractivity contribution in [2.75, 3.05) is 11.7 Å². The largest absolute Gasteiger partial charge is 0.465 e. The van der Waals surface area contributed by atoms with Gasteiger partial charge in [-0.25, -0.2) is 4.99 Å². The number of hydrogen-bond donors (Lipinski definition) is 1. The van der Waals surface area contributed by atoms with E-state index >= 15 is 0 Å². The third-order valence-corrected chi connectivity index (χ3v) is 6.58. The quantitative estimate of drug-likeness (QED) is 0.409. The molecule has 3 aromatic rings. The number of amides is 2. The Kier molecular flexibility index (Phi) is 7.31. The smallest absolute Gasteiger partial charge is 0.387 e. The first-order chi connectivity index (χ1) is 18.4. The molecule has 0 saturated carbocycles. The highest BCUT2D eigenvalue weighted by Gasteiger charge is 2.34. The minimum atomic E-state index is -2.97. The molecule has 1 aromatic heterocycles. The molecule has 0 radical (unpaired) electrons. The lowest BCUT2D eigenvalue weighted by Crippen LogP contribution is -2.35. The first-order valence-corrected chi connectivity index (χ1v) is 12.3. The van der Waals surface area contributed by atoms with Gasteiger partial charge < -0.3 is 23.9 Å². The molecule has 1 atom stereocenters. The molecule has 2 aliphatic rings. The van der Waals surface area contributed by atoms with E-state index in [0.717, 1.165) is 17.3 Å². The second-order valence-corrected chi connectivity index (χ2v) is 9.43. The zero-order chi connectivity index (χ0) is 26.6. The molecule has 2 aliphatic heterocycles. The Labute approximate surface area is 220 Å². The summed E-state index contributed by atoms with van der Waals surface area (Å²) in [7, 11) is 0. The van der Waals surface area contributed by atoms with Crippen LogP contribution in [0.1, 0.15) is 18.2 Å². The number of amidine groups is 1. The SMILES string of the molecule is C[C@@H](SC1=N/C(=C/c2ccco2)C(=O)N1c1ccc(OC(F)F)cc1)C(=O)NCc1ccc2c(c1)OCO2. The summed E-state index contributed by atoms with van der Waals surface area (Å²) in [5, 5.41) is 2.50. The number of anilines is 1. The van der Waals surface area contributed by atoms with Crippen molar-refractivity contribution in [2.24, 2.45) is 4.99 Å². The number of thioether (sulfide) groups is 1. The van der Waals surface area contributed by atoms with E-state index in [1.807, 2.05) is 6.07 Å². The summed E-state index contributed by atoms with van der Waals surface area (Å²) < 4.78 is 45.5. The zero-order valence-corrected chi connectivity index (χ0v) is 20.7. The second kappa shape index (κ2) is 11.0. The number of carbonyl (C=O) groups excluding carboxylic acids is 2. The van der Waals surface area contributed by atoms with Crippen LogP contribution in [0, 0.1) is 0 Å². The van der Waals surface area contributed by atoms with Gasteiger partial charge in [-0.1, -0.05) is 17.8 Å². The fourth-order valence-corrected chi connectivity index (χ4v) is 4.63. The van der Waals surface area contributed by atoms with Gasteiger partial charge in [0, 0.05) is 12.6 Å². The van der Waals surface area contributed by atoms with Crippen molar-refractivity contribution in [2.45, 2.75) is 25.3 Å². The highest BCUT2D eigenvalue weighted by molar-refractivity contribution is 8.15. The molecule has 3 heterocycles. The summed E-state index contributed by atoms with van der Waals surface area (Å²) in [5.41, 5.74) is 1.31. The van der Waals surface area contributed by atoms with Crippen LogP contribution in [0.25, 0.3) is 6.08 Å². The maximum absolute atomic E-state index is 13.3. The van der Waals surface area contributed by atoms with E-state index in [1.54, 1.807) is 31.2 Å². The topological polar surface area (TPSA) is 103 Å². The Morgan fingerprint density at radius 3 is 2.71 bits per heavy atom. The van der Waals surface area contributed by atoms with Crippen LogP contribution in [0.15, 0.2) is 76.0 Å². The van der Waals surface area contributed by atoms with Crippen LogP contribution in [-0.4, -0.2) is 35.6 Å². The summed E-state index contributed by atoms with van der Waals surface area (Å²) in [4.78, 5) is 31.9. The van der Waals surface area contributed by atoms with E-state index in [1.165, 1.54) is 41.5 Å². The summed E-state index contributed by atoms with van der Waals surface area (Å²) in [6.45, 7) is -0.848. The van der Waals surface area contributed by atoms with Gasteiger partial charge in [0.15, 0.2) is 16.7 Å². The number of ether oxygens (including phenoxy) is 3.